The van der Waals surface area contributed by atoms with Crippen LogP contribution in [-0.4, -0.2) is 72.0 Å². The largest absolute Gasteiger partial charge is 0.480 e. The highest BCUT2D eigenvalue weighted by atomic mass is 79.9. The summed E-state index contributed by atoms with van der Waals surface area (Å²) in [5.41, 5.74) is 8.31. The number of nitrogens with two attached hydrogens (primary N) is 1. The molecule has 32 heavy (non-hydrogen) atoms. The predicted molar refractivity (Wildman–Crippen MR) is 130 cm³/mol. The lowest BCUT2D eigenvalue weighted by atomic mass is 9.97. The van der Waals surface area contributed by atoms with Gasteiger partial charge in [-0.15, -0.1) is 0 Å². The molecular formula is C24H30BrN5O2. The molecule has 8 heteroatoms. The Morgan fingerprint density at radius 1 is 0.969 bits per heavy atom. The minimum Gasteiger partial charge on any atom is -0.480 e. The maximum atomic E-state index is 12.0. The molecule has 1 unspecified atom stereocenters. The molecule has 0 spiro atoms. The molecule has 4 N–H and O–H groups in total. The molecule has 4 rings (SSSR count). The summed E-state index contributed by atoms with van der Waals surface area (Å²) < 4.78 is 0.957. The Hall–Kier alpha value is -2.42. The summed E-state index contributed by atoms with van der Waals surface area (Å²) in [5, 5.41) is 17.4. The summed E-state index contributed by atoms with van der Waals surface area (Å²) in [4.78, 5) is 19.1. The van der Waals surface area contributed by atoms with Crippen LogP contribution < -0.4 is 10.6 Å². The maximum Gasteiger partial charge on any atom is 0.325 e. The second-order valence-corrected chi connectivity index (χ2v) is 9.46. The number of aliphatic carboxylic acids is 1. The molecule has 2 fully saturated rings. The van der Waals surface area contributed by atoms with Gasteiger partial charge in [-0.2, -0.15) is 0 Å². The highest BCUT2D eigenvalue weighted by molar-refractivity contribution is 9.10. The van der Waals surface area contributed by atoms with Crippen LogP contribution in [0.3, 0.4) is 0 Å². The molecule has 0 aliphatic carbocycles. The van der Waals surface area contributed by atoms with Crippen molar-refractivity contribution in [3.8, 4) is 0 Å². The second-order valence-electron chi connectivity index (χ2n) is 8.54. The average Bonchev–Trinajstić information content (AvgIpc) is 2.81. The molecular weight excluding hydrogens is 470 g/mol. The van der Waals surface area contributed by atoms with E-state index in [4.69, 9.17) is 11.1 Å². The molecule has 0 saturated carbocycles. The predicted octanol–water partition coefficient (Wildman–Crippen LogP) is 3.15. The van der Waals surface area contributed by atoms with Crippen LogP contribution in [0.1, 0.15) is 30.0 Å². The lowest BCUT2D eigenvalue weighted by Crippen LogP contribution is -2.54. The molecule has 0 bridgehead atoms. The third-order valence-corrected chi connectivity index (χ3v) is 7.19. The van der Waals surface area contributed by atoms with Gasteiger partial charge >= 0.3 is 5.97 Å². The van der Waals surface area contributed by atoms with E-state index in [-0.39, 0.29) is 5.84 Å². The smallest absolute Gasteiger partial charge is 0.325 e. The number of hydrogen-bond donors (Lipinski definition) is 3. The first-order valence-corrected chi connectivity index (χ1v) is 11.9. The summed E-state index contributed by atoms with van der Waals surface area (Å²) in [6.07, 6.45) is 1.99. The molecule has 2 aromatic rings. The van der Waals surface area contributed by atoms with Gasteiger partial charge in [0.1, 0.15) is 11.9 Å². The van der Waals surface area contributed by atoms with Gasteiger partial charge in [-0.25, -0.2) is 0 Å². The number of halogens is 1. The Morgan fingerprint density at radius 3 is 2.09 bits per heavy atom. The summed E-state index contributed by atoms with van der Waals surface area (Å²) >= 11 is 3.42. The van der Waals surface area contributed by atoms with E-state index in [2.05, 4.69) is 30.6 Å². The number of benzene rings is 2. The number of carboxylic acids is 1. The Balaban J connectivity index is 1.30. The van der Waals surface area contributed by atoms with E-state index >= 15 is 0 Å². The number of anilines is 1. The van der Waals surface area contributed by atoms with Crippen LogP contribution in [0.15, 0.2) is 53.0 Å². The molecule has 2 aliphatic rings. The zero-order valence-electron chi connectivity index (χ0n) is 18.1. The van der Waals surface area contributed by atoms with Crippen LogP contribution in [0.4, 0.5) is 5.69 Å². The molecule has 1 atom stereocenters. The first-order chi connectivity index (χ1) is 15.4. The Kier molecular flexibility index (Phi) is 7.13. The van der Waals surface area contributed by atoms with Crippen molar-refractivity contribution in [1.29, 1.82) is 5.41 Å². The van der Waals surface area contributed by atoms with Crippen molar-refractivity contribution < 1.29 is 9.90 Å². The molecule has 170 valence electrons. The van der Waals surface area contributed by atoms with Crippen molar-refractivity contribution in [2.45, 2.75) is 24.9 Å². The fourth-order valence-corrected chi connectivity index (χ4v) is 5.13. The van der Waals surface area contributed by atoms with Crippen molar-refractivity contribution in [1.82, 2.24) is 9.80 Å². The summed E-state index contributed by atoms with van der Waals surface area (Å²) in [6, 6.07) is 15.4. The highest BCUT2D eigenvalue weighted by Crippen LogP contribution is 2.28. The SMILES string of the molecule is N=C(N)c1ccc(N2CCN(C3CCN(C(C(=O)O)c4ccc(Br)cc4)CC3)CC2)cc1. The fourth-order valence-electron chi connectivity index (χ4n) is 4.86. The molecule has 2 aromatic carbocycles. The van der Waals surface area contributed by atoms with Crippen molar-refractivity contribution in [2.24, 2.45) is 5.73 Å². The van der Waals surface area contributed by atoms with Crippen molar-refractivity contribution in [3.63, 3.8) is 0 Å². The van der Waals surface area contributed by atoms with E-state index in [0.717, 1.165) is 67.7 Å². The van der Waals surface area contributed by atoms with Gasteiger partial charge in [0.15, 0.2) is 0 Å². The van der Waals surface area contributed by atoms with E-state index in [9.17, 15) is 9.90 Å². The topological polar surface area (TPSA) is 96.9 Å². The van der Waals surface area contributed by atoms with E-state index in [0.29, 0.717) is 6.04 Å². The number of piperidine rings is 1. The third kappa shape index (κ3) is 5.14. The Bertz CT molecular complexity index is 934. The first kappa shape index (κ1) is 22.8. The van der Waals surface area contributed by atoms with Crippen molar-refractivity contribution in [3.05, 3.63) is 64.1 Å². The third-order valence-electron chi connectivity index (χ3n) is 6.66. The molecule has 0 amide bonds. The monoisotopic (exact) mass is 499 g/mol. The Labute approximate surface area is 197 Å². The zero-order valence-corrected chi connectivity index (χ0v) is 19.7. The van der Waals surface area contributed by atoms with Crippen LogP contribution in [0.25, 0.3) is 0 Å². The second kappa shape index (κ2) is 10.0. The van der Waals surface area contributed by atoms with Crippen molar-refractivity contribution in [2.75, 3.05) is 44.2 Å². The zero-order chi connectivity index (χ0) is 22.7. The molecule has 2 saturated heterocycles. The number of amidine groups is 1. The van der Waals surface area contributed by atoms with Gasteiger partial charge in [0, 0.05) is 61.0 Å². The number of piperazine rings is 1. The van der Waals surface area contributed by atoms with E-state index in [1.165, 1.54) is 5.69 Å². The number of nitrogens with one attached hydrogen (secondary N) is 1. The van der Waals surface area contributed by atoms with Gasteiger partial charge in [-0.1, -0.05) is 28.1 Å². The van der Waals surface area contributed by atoms with Crippen LogP contribution in [0.2, 0.25) is 0 Å². The molecule has 0 radical (unpaired) electrons. The Morgan fingerprint density at radius 2 is 1.56 bits per heavy atom. The number of likely N-dealkylation sites (tertiary alicyclic amines) is 1. The normalized spacial score (nSPS) is 19.6. The van der Waals surface area contributed by atoms with Crippen molar-refractivity contribution >= 4 is 33.4 Å². The number of hydrogen-bond acceptors (Lipinski definition) is 5. The highest BCUT2D eigenvalue weighted by Gasteiger charge is 2.33. The lowest BCUT2D eigenvalue weighted by Gasteiger charge is -2.44. The number of nitrogens with zero attached hydrogens (tertiary/aromatic N) is 3. The van der Waals surface area contributed by atoms with Gasteiger partial charge in [-0.05, 0) is 54.8 Å². The van der Waals surface area contributed by atoms with Crippen LogP contribution >= 0.6 is 15.9 Å². The minimum atomic E-state index is -0.782. The number of rotatable bonds is 6. The van der Waals surface area contributed by atoms with Crippen LogP contribution in [0, 0.1) is 5.41 Å². The van der Waals surface area contributed by atoms with Gasteiger partial charge in [0.05, 0.1) is 0 Å². The van der Waals surface area contributed by atoms with Gasteiger partial charge < -0.3 is 15.7 Å². The standard InChI is InChI=1S/C24H30BrN5O2/c25-19-5-1-17(2-6-19)22(24(31)32)30-11-9-21(10-12-30)29-15-13-28(14-16-29)20-7-3-18(4-8-20)23(26)27/h1-8,21-22H,9-16H2,(H3,26,27)(H,31,32). The molecule has 0 aromatic heterocycles. The summed E-state index contributed by atoms with van der Waals surface area (Å²) in [7, 11) is 0. The van der Waals surface area contributed by atoms with Crippen LogP contribution in [-0.2, 0) is 4.79 Å². The average molecular weight is 500 g/mol. The van der Waals surface area contributed by atoms with E-state index in [1.807, 2.05) is 48.5 Å². The van der Waals surface area contributed by atoms with E-state index < -0.39 is 12.0 Å². The minimum absolute atomic E-state index is 0.0954. The molecule has 7 nitrogen and oxygen atoms in total. The molecule has 2 heterocycles. The molecule has 2 aliphatic heterocycles. The number of nitrogen functional groups attached to an aromatic ring is 1. The summed E-state index contributed by atoms with van der Waals surface area (Å²) in [5.74, 6) is -0.687. The summed E-state index contributed by atoms with van der Waals surface area (Å²) in [6.45, 7) is 5.55. The lowest BCUT2D eigenvalue weighted by molar-refractivity contribution is -0.144. The number of carbonyl (C=O) groups is 1. The van der Waals surface area contributed by atoms with Gasteiger partial charge in [0.2, 0.25) is 0 Å². The number of carboxylic acid groups (broad SMARTS) is 1. The first-order valence-electron chi connectivity index (χ1n) is 11.1. The van der Waals surface area contributed by atoms with E-state index in [1.54, 1.807) is 0 Å². The quantitative estimate of drug-likeness (QED) is 0.417. The van der Waals surface area contributed by atoms with Gasteiger partial charge in [0.25, 0.3) is 0 Å². The maximum absolute atomic E-state index is 12.0. The fraction of sp³-hybridized carbons (Fsp3) is 0.417. The van der Waals surface area contributed by atoms with Gasteiger partial charge in [-0.3, -0.25) is 20.0 Å². The van der Waals surface area contributed by atoms with Crippen LogP contribution in [0.5, 0.6) is 0 Å².